The topological polar surface area (TPSA) is 129 Å². The van der Waals surface area contributed by atoms with Crippen LogP contribution in [0.3, 0.4) is 0 Å². The third kappa shape index (κ3) is 14.2. The summed E-state index contributed by atoms with van der Waals surface area (Å²) in [5.74, 6) is 1.06. The molecule has 0 bridgehead atoms. The average molecular weight is 1370 g/mol. The van der Waals surface area contributed by atoms with E-state index in [9.17, 15) is 0 Å². The van der Waals surface area contributed by atoms with Gasteiger partial charge in [-0.2, -0.15) is 0 Å². The molecule has 14 nitrogen and oxygen atoms in total. The fraction of sp³-hybridized carbons (Fsp3) is 0.912. The predicted molar refractivity (Wildman–Crippen MR) is 350 cm³/mol. The summed E-state index contributed by atoms with van der Waals surface area (Å²) >= 11 is 0. The van der Waals surface area contributed by atoms with Crippen LogP contribution in [-0.2, 0) is 66.0 Å². The van der Waals surface area contributed by atoms with E-state index in [1.165, 1.54) is 0 Å². The van der Waals surface area contributed by atoms with Crippen molar-refractivity contribution in [3.05, 3.63) is 36.5 Å². The second-order valence-corrected chi connectivity index (χ2v) is 34.5. The van der Waals surface area contributed by atoms with E-state index in [-0.39, 0.29) is 254 Å². The van der Waals surface area contributed by atoms with Crippen molar-refractivity contribution in [2.75, 3.05) is 19.8 Å². The van der Waals surface area contributed by atoms with Crippen molar-refractivity contribution < 1.29 is 122 Å². The molecule has 0 N–H and O–H groups in total. The van der Waals surface area contributed by atoms with Gasteiger partial charge in [0.05, 0.1) is 123 Å². The molecule has 0 saturated carbocycles. The Hall–Kier alpha value is 1.31. The molecule has 3 radical (unpaired) electrons. The van der Waals surface area contributed by atoms with Gasteiger partial charge in [0.2, 0.25) is 8.32 Å². The van der Waals surface area contributed by atoms with Crippen LogP contribution in [-0.4, -0.2) is 170 Å². The summed E-state index contributed by atoms with van der Waals surface area (Å²) in [4.78, 5) is 0. The van der Waals surface area contributed by atoms with Crippen molar-refractivity contribution in [2.24, 2.45) is 41.4 Å². The van der Waals surface area contributed by atoms with Gasteiger partial charge in [-0.05, 0) is 91.7 Å². The maximum atomic E-state index is 8.02. The molecular formula is C68H120BIKO14Si. The predicted octanol–water partition coefficient (Wildman–Crippen LogP) is 10.9. The number of ether oxygens (including phenoxy) is 13. The molecule has 3 unspecified atom stereocenters. The molecule has 491 valence electrons. The summed E-state index contributed by atoms with van der Waals surface area (Å²) in [6, 6.07) is 0. The molecule has 0 aromatic carbocycles. The van der Waals surface area contributed by atoms with E-state index < -0.39 is 26.0 Å². The van der Waals surface area contributed by atoms with Gasteiger partial charge in [-0.1, -0.05) is 141 Å². The van der Waals surface area contributed by atoms with E-state index in [0.717, 1.165) is 58.0 Å². The van der Waals surface area contributed by atoms with Crippen molar-refractivity contribution in [2.45, 2.75) is 333 Å². The van der Waals surface area contributed by atoms with Crippen LogP contribution in [0.1, 0.15) is 187 Å². The third-order valence-corrected chi connectivity index (χ3v) is 29.5. The first kappa shape index (κ1) is 74.7. The van der Waals surface area contributed by atoms with Crippen molar-refractivity contribution >= 4 is 40.7 Å². The fourth-order valence-corrected chi connectivity index (χ4v) is 23.9. The van der Waals surface area contributed by atoms with Gasteiger partial charge in [-0.15, -0.1) is 24.0 Å². The molecule has 0 aromatic heterocycles. The van der Waals surface area contributed by atoms with E-state index in [4.69, 9.17) is 66.0 Å². The second kappa shape index (κ2) is 30.6. The van der Waals surface area contributed by atoms with E-state index in [2.05, 4.69) is 133 Å². The van der Waals surface area contributed by atoms with Crippen LogP contribution in [0.5, 0.6) is 0 Å². The summed E-state index contributed by atoms with van der Waals surface area (Å²) in [5.41, 5.74) is 0.540. The Morgan fingerprint density at radius 1 is 0.558 bits per heavy atom. The number of hydrogen-bond donors (Lipinski definition) is 0. The molecule has 0 aliphatic carbocycles. The molecule has 12 aliphatic heterocycles. The first-order valence-electron chi connectivity index (χ1n) is 32.9. The van der Waals surface area contributed by atoms with Crippen molar-refractivity contribution in [1.82, 2.24) is 0 Å². The Kier molecular flexibility index (Phi) is 26.6. The molecule has 0 aromatic rings. The minimum absolute atomic E-state index is 0. The SMILES string of the molecule is C.C.CC(C)[Si](OC1C[C@@H]2O[C@@H]3C[C@@H]4O[C@@H]5[C@@H](C)[C@H](C)C6(CCCO6)O[C@H]5[C@@H](C)[C@H](C)[C@H]4O[C@H]3C[C@@H](C)C[C@H]2O[C@@]1(C)[C@H](C)CC1OCC[C@H]2O[C@H]3C=C[C@H]4O[C@H]5[C@H](C)[C@H]6OCC=CC[C@@H]6O[C@@H]5C[C@@H]4O[C@@H]3C/C=C\[C@@H]2O1)(C(C)C)C(C)C.I.[2HH].[B].[H-].[HH].[K+]. The van der Waals surface area contributed by atoms with Gasteiger partial charge in [0.25, 0.3) is 0 Å². The standard InChI is InChI=1S/C66H106O14Si.2CH4.B.HI.K.2H2.H/c1-35(2)81(36(3)4,37(5)6)80-58-34-54-55(30-38(7)29-51-53(73-54)33-57-61(76-51)40(9)41(10)64-63(77-57)42(11)44(13)66(79-64)25-18-27-69-66)78-65(58,14)39(8)31-59-67-28-24-49-46(74-59)21-17-20-45-47(70-49)22-23-48-52(71-45)32-56-62(75-48)43(12)60-50(72-56)19-15-16-26-68-60;;;;;;;;/h15-17,21-23,35-64H,18-20,24-34H2,1-14H3;2*1H4;;1H;;2*1H;/q;;;;;+1;;;-1/b21-17-;;;;;;;;/t38-,39-,40+,41+,42+,43-,44+,45-,46+,47+,48-,49-,50+,51+,52+,53-,54+,55-,56-,57+,58?,59?,60-,61-,62+,63-,64+,65+,66?;;;;;;;;/m1......../s1/i;;;;;;1+1;;. The number of hydrogen-bond acceptors (Lipinski definition) is 14. The molecule has 12 aliphatic rings. The summed E-state index contributed by atoms with van der Waals surface area (Å²) in [6.07, 6.45) is 19.5. The molecule has 0 amide bonds. The molecule has 1 spiro atoms. The van der Waals surface area contributed by atoms with Crippen LogP contribution in [0.4, 0.5) is 0 Å². The molecule has 86 heavy (non-hydrogen) atoms. The molecule has 9 saturated heterocycles. The summed E-state index contributed by atoms with van der Waals surface area (Å²) in [5, 5.41) is 0. The van der Waals surface area contributed by atoms with Crippen LogP contribution >= 0.6 is 24.0 Å². The number of rotatable bonds is 8. The zero-order chi connectivity index (χ0) is 56.9. The maximum Gasteiger partial charge on any atom is 1.00 e. The van der Waals surface area contributed by atoms with Crippen LogP contribution in [0.25, 0.3) is 0 Å². The monoisotopic (exact) mass is 1370 g/mol. The Bertz CT molecular complexity index is 2240. The number of fused-ring (bicyclic) bond motifs is 9. The molecule has 12 rings (SSSR count). The van der Waals surface area contributed by atoms with Crippen LogP contribution in [0, 0.1) is 41.4 Å². The van der Waals surface area contributed by atoms with E-state index in [1.807, 2.05) is 0 Å². The van der Waals surface area contributed by atoms with Gasteiger partial charge < -0.3 is 67.4 Å². The molecular weight excluding hydrogens is 1250 g/mol. The van der Waals surface area contributed by atoms with Gasteiger partial charge in [0.15, 0.2) is 12.1 Å². The third-order valence-electron chi connectivity index (χ3n) is 23.4. The molecule has 29 atom stereocenters. The van der Waals surface area contributed by atoms with Gasteiger partial charge in [0.1, 0.15) is 18.3 Å². The Morgan fingerprint density at radius 3 is 1.86 bits per heavy atom. The zero-order valence-corrected chi connectivity index (χ0v) is 60.3. The van der Waals surface area contributed by atoms with E-state index in [1.54, 1.807) is 0 Å². The normalized spacial score (nSPS) is 48.8. The quantitative estimate of drug-likeness (QED) is 0.130. The first-order valence-corrected chi connectivity index (χ1v) is 35.0. The van der Waals surface area contributed by atoms with Crippen molar-refractivity contribution in [3.63, 3.8) is 0 Å². The molecule has 18 heteroatoms. The second-order valence-electron chi connectivity index (χ2n) is 29.1. The minimum Gasteiger partial charge on any atom is -1.00 e. The van der Waals surface area contributed by atoms with Crippen molar-refractivity contribution in [3.8, 4) is 0 Å². The zero-order valence-electron chi connectivity index (χ0n) is 54.9. The Labute approximate surface area is 587 Å². The molecule has 9 fully saturated rings. The Morgan fingerprint density at radius 2 is 1.15 bits per heavy atom. The smallest absolute Gasteiger partial charge is 1.00 e. The first-order chi connectivity index (χ1) is 38.8. The van der Waals surface area contributed by atoms with Crippen LogP contribution < -0.4 is 51.4 Å². The van der Waals surface area contributed by atoms with Gasteiger partial charge >= 0.3 is 51.4 Å². The van der Waals surface area contributed by atoms with Crippen molar-refractivity contribution in [1.29, 1.82) is 0 Å². The van der Waals surface area contributed by atoms with Gasteiger partial charge in [0, 0.05) is 55.2 Å². The average Bonchev–Trinajstić information content (AvgIpc) is 1.96. The van der Waals surface area contributed by atoms with Gasteiger partial charge in [-0.25, -0.2) is 0 Å². The van der Waals surface area contributed by atoms with E-state index in [0.29, 0.717) is 55.0 Å². The summed E-state index contributed by atoms with van der Waals surface area (Å²) in [7, 11) is -2.43. The Balaban J connectivity index is 0.00000212. The molecule has 12 heterocycles. The van der Waals surface area contributed by atoms with Crippen LogP contribution in [0.2, 0.25) is 16.6 Å². The summed E-state index contributed by atoms with van der Waals surface area (Å²) in [6.45, 7) is 35.0. The largest absolute Gasteiger partial charge is 1.00 e. The number of halogens is 1. The van der Waals surface area contributed by atoms with Crippen LogP contribution in [0.15, 0.2) is 36.5 Å². The van der Waals surface area contributed by atoms with E-state index >= 15 is 0 Å². The minimum atomic E-state index is -2.43. The van der Waals surface area contributed by atoms with Gasteiger partial charge in [-0.3, -0.25) is 0 Å². The maximum absolute atomic E-state index is 8.02. The summed E-state index contributed by atoms with van der Waals surface area (Å²) < 4.78 is 99.5. The fourth-order valence-electron chi connectivity index (χ4n) is 18.3.